The number of fused-ring (bicyclic) bond motifs is 1. The average molecular weight is 597 g/mol. The Kier molecular flexibility index (Phi) is 7.64. The van der Waals surface area contributed by atoms with Crippen LogP contribution in [-0.4, -0.2) is 48.8 Å². The molecule has 45 heavy (non-hydrogen) atoms. The first-order valence-corrected chi connectivity index (χ1v) is 14.9. The highest BCUT2D eigenvalue weighted by Crippen LogP contribution is 2.46. The Morgan fingerprint density at radius 2 is 1.36 bits per heavy atom. The van der Waals surface area contributed by atoms with E-state index in [-0.39, 0.29) is 18.1 Å². The van der Waals surface area contributed by atoms with E-state index in [1.165, 1.54) is 6.33 Å². The monoisotopic (exact) mass is 596 g/mol. The molecular weight excluding hydrogens is 564 g/mol. The summed E-state index contributed by atoms with van der Waals surface area (Å²) >= 11 is 0. The van der Waals surface area contributed by atoms with E-state index in [9.17, 15) is 9.90 Å². The smallest absolute Gasteiger partial charge is 0.256 e. The number of ether oxygens (including phenoxy) is 1. The number of carbonyl (C=O) groups is 1. The second-order valence-corrected chi connectivity index (χ2v) is 11.2. The van der Waals surface area contributed by atoms with Crippen LogP contribution in [-0.2, 0) is 10.2 Å². The second-order valence-electron chi connectivity index (χ2n) is 11.2. The van der Waals surface area contributed by atoms with Crippen LogP contribution in [0, 0.1) is 0 Å². The van der Waals surface area contributed by atoms with Crippen molar-refractivity contribution in [1.82, 2.24) is 19.5 Å². The van der Waals surface area contributed by atoms with Crippen LogP contribution in [0.2, 0.25) is 0 Å². The number of benzene rings is 4. The molecule has 1 amide bonds. The molecule has 0 radical (unpaired) electrons. The Morgan fingerprint density at radius 1 is 0.822 bits per heavy atom. The summed E-state index contributed by atoms with van der Waals surface area (Å²) in [6.45, 7) is 0. The summed E-state index contributed by atoms with van der Waals surface area (Å²) in [5.74, 6) is -0.0153. The van der Waals surface area contributed by atoms with Gasteiger partial charge in [-0.3, -0.25) is 9.36 Å². The maximum absolute atomic E-state index is 12.8. The predicted octanol–water partition coefficient (Wildman–Crippen LogP) is 5.09. The van der Waals surface area contributed by atoms with Crippen LogP contribution in [0.15, 0.2) is 134 Å². The molecule has 2 unspecified atom stereocenters. The van der Waals surface area contributed by atoms with E-state index in [2.05, 4.69) is 56.7 Å². The number of aromatic nitrogens is 4. The summed E-state index contributed by atoms with van der Waals surface area (Å²) in [4.78, 5) is 26.1. The van der Waals surface area contributed by atoms with Crippen LogP contribution < -0.4 is 11.1 Å². The van der Waals surface area contributed by atoms with Gasteiger partial charge in [0.05, 0.1) is 23.9 Å². The number of nitrogens with one attached hydrogen (secondary N) is 1. The molecule has 0 saturated carbocycles. The summed E-state index contributed by atoms with van der Waals surface area (Å²) < 4.78 is 8.41. The molecule has 4 N–H and O–H groups in total. The number of nitrogens with two attached hydrogens (primary N) is 1. The van der Waals surface area contributed by atoms with Gasteiger partial charge in [-0.2, -0.15) is 0 Å². The van der Waals surface area contributed by atoms with Crippen molar-refractivity contribution < 1.29 is 14.6 Å². The molecule has 0 aliphatic carbocycles. The zero-order valence-electron chi connectivity index (χ0n) is 24.3. The minimum atomic E-state index is -0.878. The minimum absolute atomic E-state index is 0.272. The van der Waals surface area contributed by atoms with Crippen molar-refractivity contribution in [2.75, 3.05) is 5.32 Å². The van der Waals surface area contributed by atoms with Gasteiger partial charge in [-0.1, -0.05) is 109 Å². The second kappa shape index (κ2) is 12.0. The maximum Gasteiger partial charge on any atom is 0.256 e. The Labute approximate surface area is 260 Å². The van der Waals surface area contributed by atoms with Gasteiger partial charge in [0, 0.05) is 12.0 Å². The molecule has 4 atom stereocenters. The number of amides is 1. The molecule has 1 saturated heterocycles. The van der Waals surface area contributed by atoms with Crippen LogP contribution in [0.4, 0.5) is 5.82 Å². The number of nitrogens with zero attached hydrogens (tertiary/aromatic N) is 4. The van der Waals surface area contributed by atoms with E-state index in [4.69, 9.17) is 10.5 Å². The number of anilines is 1. The highest BCUT2D eigenvalue weighted by atomic mass is 16.5. The van der Waals surface area contributed by atoms with Crippen LogP contribution in [0.5, 0.6) is 0 Å². The maximum atomic E-state index is 12.8. The van der Waals surface area contributed by atoms with Gasteiger partial charge in [-0.25, -0.2) is 15.0 Å². The Hall–Kier alpha value is -5.22. The molecule has 1 aliphatic heterocycles. The fourth-order valence-electron chi connectivity index (χ4n) is 6.52. The Morgan fingerprint density at radius 3 is 1.91 bits per heavy atom. The van der Waals surface area contributed by atoms with E-state index in [1.807, 2.05) is 60.7 Å². The lowest BCUT2D eigenvalue weighted by Gasteiger charge is -2.43. The van der Waals surface area contributed by atoms with Crippen molar-refractivity contribution in [3.63, 3.8) is 0 Å². The number of hydrogen-bond donors (Lipinski definition) is 3. The van der Waals surface area contributed by atoms with Crippen LogP contribution in [0.1, 0.15) is 39.7 Å². The molecule has 0 spiro atoms. The summed E-state index contributed by atoms with van der Waals surface area (Å²) in [5, 5.41) is 14.4. The predicted molar refractivity (Wildman–Crippen MR) is 171 cm³/mol. The van der Waals surface area contributed by atoms with Crippen LogP contribution >= 0.6 is 0 Å². The first-order valence-electron chi connectivity index (χ1n) is 14.9. The molecule has 1 fully saturated rings. The average Bonchev–Trinajstić information content (AvgIpc) is 3.71. The zero-order valence-corrected chi connectivity index (χ0v) is 24.3. The van der Waals surface area contributed by atoms with Gasteiger partial charge < -0.3 is 20.9 Å². The van der Waals surface area contributed by atoms with E-state index < -0.39 is 29.9 Å². The third-order valence-electron chi connectivity index (χ3n) is 8.61. The van der Waals surface area contributed by atoms with E-state index in [0.29, 0.717) is 16.7 Å². The molecular formula is C36H32N6O3. The van der Waals surface area contributed by atoms with Gasteiger partial charge in [-0.05, 0) is 28.8 Å². The number of carbonyl (C=O) groups excluding carboxylic acids is 1. The first kappa shape index (κ1) is 28.5. The van der Waals surface area contributed by atoms with Gasteiger partial charge in [0.25, 0.3) is 5.91 Å². The number of rotatable bonds is 8. The number of aliphatic hydroxyl groups is 1. The van der Waals surface area contributed by atoms with Crippen molar-refractivity contribution >= 4 is 22.9 Å². The van der Waals surface area contributed by atoms with E-state index >= 15 is 0 Å². The summed E-state index contributed by atoms with van der Waals surface area (Å²) in [6.07, 6.45) is 1.02. The lowest BCUT2D eigenvalue weighted by atomic mass is 9.63. The third-order valence-corrected chi connectivity index (χ3v) is 8.61. The van der Waals surface area contributed by atoms with Crippen molar-refractivity contribution in [2.24, 2.45) is 5.73 Å². The molecule has 2 aromatic heterocycles. The SMILES string of the molecule is NC([C@H]1O[C@@H](n2cnc3c(NC(=O)c4ccccc4)ncnc32)CC1O)C(c1ccccc1)(c1ccccc1)c1ccccc1. The highest BCUT2D eigenvalue weighted by molar-refractivity contribution is 6.06. The van der Waals surface area contributed by atoms with E-state index in [1.54, 1.807) is 35.2 Å². The number of aliphatic hydroxyl groups excluding tert-OH is 1. The Balaban J connectivity index is 1.25. The summed E-state index contributed by atoms with van der Waals surface area (Å²) in [6, 6.07) is 38.6. The van der Waals surface area contributed by atoms with Crippen LogP contribution in [0.3, 0.4) is 0 Å². The van der Waals surface area contributed by atoms with Crippen LogP contribution in [0.25, 0.3) is 11.2 Å². The van der Waals surface area contributed by atoms with Crippen molar-refractivity contribution in [2.45, 2.75) is 36.3 Å². The van der Waals surface area contributed by atoms with Gasteiger partial charge in [0.2, 0.25) is 0 Å². The van der Waals surface area contributed by atoms with Crippen molar-refractivity contribution in [1.29, 1.82) is 0 Å². The topological polar surface area (TPSA) is 128 Å². The highest BCUT2D eigenvalue weighted by Gasteiger charge is 2.51. The Bertz CT molecular complexity index is 1800. The minimum Gasteiger partial charge on any atom is -0.390 e. The van der Waals surface area contributed by atoms with Gasteiger partial charge >= 0.3 is 0 Å². The quantitative estimate of drug-likeness (QED) is 0.209. The van der Waals surface area contributed by atoms with Gasteiger partial charge in [0.1, 0.15) is 18.7 Å². The number of imidazole rings is 1. The fourth-order valence-corrected chi connectivity index (χ4v) is 6.52. The van der Waals surface area contributed by atoms with Gasteiger partial charge in [-0.15, -0.1) is 0 Å². The molecule has 1 aliphatic rings. The van der Waals surface area contributed by atoms with Crippen molar-refractivity contribution in [3.8, 4) is 0 Å². The molecule has 6 aromatic rings. The molecule has 0 bridgehead atoms. The standard InChI is InChI=1S/C36H32N6O3/c37-32(36(25-15-7-2-8-16-25,26-17-9-3-10-18-26)27-19-11-4-12-20-27)31-28(43)21-29(45-31)42-23-40-30-33(38-22-39-34(30)42)41-35(44)24-13-5-1-6-14-24/h1-20,22-23,28-29,31-32,43H,21,37H2,(H,38,39,41,44)/t28?,29-,31+,32?/m1/s1. The third kappa shape index (κ3) is 5.06. The first-order chi connectivity index (χ1) is 22.1. The molecule has 3 heterocycles. The summed E-state index contributed by atoms with van der Waals surface area (Å²) in [7, 11) is 0. The van der Waals surface area contributed by atoms with Crippen molar-refractivity contribution in [3.05, 3.63) is 156 Å². The van der Waals surface area contributed by atoms with Gasteiger partial charge in [0.15, 0.2) is 17.0 Å². The molecule has 9 nitrogen and oxygen atoms in total. The molecule has 9 heteroatoms. The largest absolute Gasteiger partial charge is 0.390 e. The molecule has 4 aromatic carbocycles. The molecule has 224 valence electrons. The normalized spacial score (nSPS) is 18.9. The lowest BCUT2D eigenvalue weighted by molar-refractivity contribution is -0.0374. The van der Waals surface area contributed by atoms with E-state index in [0.717, 1.165) is 16.7 Å². The lowest BCUT2D eigenvalue weighted by Crippen LogP contribution is -2.56. The zero-order chi connectivity index (χ0) is 30.8. The fraction of sp³-hybridized carbons (Fsp3) is 0.167. The number of hydrogen-bond acceptors (Lipinski definition) is 7. The molecule has 7 rings (SSSR count). The summed E-state index contributed by atoms with van der Waals surface area (Å²) in [5.41, 5.74) is 10.9.